The third-order valence-electron chi connectivity index (χ3n) is 0.591. The van der Waals surface area contributed by atoms with Crippen molar-refractivity contribution in [3.8, 4) is 0 Å². The van der Waals surface area contributed by atoms with Crippen LogP contribution in [0.25, 0.3) is 0 Å². The number of aliphatic carboxylic acids is 1. The van der Waals surface area contributed by atoms with Gasteiger partial charge in [0.15, 0.2) is 0 Å². The van der Waals surface area contributed by atoms with Crippen LogP contribution in [0.1, 0.15) is 0 Å². The van der Waals surface area contributed by atoms with E-state index in [4.69, 9.17) is 34.0 Å². The summed E-state index contributed by atoms with van der Waals surface area (Å²) in [6.07, 6.45) is 1.03. The van der Waals surface area contributed by atoms with Crippen molar-refractivity contribution in [3.05, 3.63) is 10.6 Å². The smallest absolute Gasteiger partial charge is 0.324 e. The van der Waals surface area contributed by atoms with Crippen LogP contribution in [0.3, 0.4) is 0 Å². The zero-order valence-electron chi connectivity index (χ0n) is 4.34. The second-order valence-electron chi connectivity index (χ2n) is 1.32. The van der Waals surface area contributed by atoms with Crippen molar-refractivity contribution in [2.45, 2.75) is 6.04 Å². The highest BCUT2D eigenvalue weighted by Gasteiger charge is 2.06. The predicted octanol–water partition coefficient (Wildman–Crippen LogP) is 0.717. The maximum atomic E-state index is 9.95. The first kappa shape index (κ1) is 8.75. The molecule has 0 aliphatic heterocycles. The van der Waals surface area contributed by atoms with Crippen molar-refractivity contribution in [2.75, 3.05) is 0 Å². The van der Waals surface area contributed by atoms with Gasteiger partial charge in [0.05, 0.1) is 0 Å². The SMILES string of the molecule is N[C@@H](C=C(Cl)Cl)C(=O)O. The summed E-state index contributed by atoms with van der Waals surface area (Å²) in [5.41, 5.74) is 4.97. The second-order valence-corrected chi connectivity index (χ2v) is 2.33. The quantitative estimate of drug-likeness (QED) is 0.641. The Labute approximate surface area is 62.0 Å². The molecule has 0 bridgehead atoms. The van der Waals surface area contributed by atoms with E-state index in [0.717, 1.165) is 6.08 Å². The Morgan fingerprint density at radius 1 is 1.67 bits per heavy atom. The highest BCUT2D eigenvalue weighted by atomic mass is 35.5. The van der Waals surface area contributed by atoms with Crippen molar-refractivity contribution in [1.82, 2.24) is 0 Å². The number of carbonyl (C=O) groups is 1. The maximum absolute atomic E-state index is 9.95. The summed E-state index contributed by atoms with van der Waals surface area (Å²) >= 11 is 10.2. The van der Waals surface area contributed by atoms with E-state index >= 15 is 0 Å². The largest absolute Gasteiger partial charge is 0.480 e. The molecular weight excluding hydrogens is 165 g/mol. The Morgan fingerprint density at radius 3 is 2.22 bits per heavy atom. The molecule has 9 heavy (non-hydrogen) atoms. The molecule has 0 fully saturated rings. The third-order valence-corrected chi connectivity index (χ3v) is 0.843. The van der Waals surface area contributed by atoms with E-state index in [2.05, 4.69) is 0 Å². The molecule has 3 N–H and O–H groups in total. The number of nitrogens with two attached hydrogens (primary N) is 1. The molecule has 0 unspecified atom stereocenters. The van der Waals surface area contributed by atoms with Gasteiger partial charge in [0, 0.05) is 0 Å². The molecule has 52 valence electrons. The Hall–Kier alpha value is -0.250. The van der Waals surface area contributed by atoms with Gasteiger partial charge < -0.3 is 10.8 Å². The molecule has 0 spiro atoms. The lowest BCUT2D eigenvalue weighted by Crippen LogP contribution is -2.27. The zero-order valence-corrected chi connectivity index (χ0v) is 5.86. The van der Waals surface area contributed by atoms with Crippen molar-refractivity contribution < 1.29 is 9.90 Å². The third kappa shape index (κ3) is 4.27. The number of halogens is 2. The highest BCUT2D eigenvalue weighted by molar-refractivity contribution is 6.56. The van der Waals surface area contributed by atoms with Crippen LogP contribution in [0.2, 0.25) is 0 Å². The van der Waals surface area contributed by atoms with E-state index < -0.39 is 12.0 Å². The Balaban J connectivity index is 3.91. The minimum absolute atomic E-state index is 0.134. The molecule has 0 saturated carbocycles. The van der Waals surface area contributed by atoms with Crippen LogP contribution in [-0.4, -0.2) is 17.1 Å². The van der Waals surface area contributed by atoms with Crippen molar-refractivity contribution in [2.24, 2.45) is 5.73 Å². The Kier molecular flexibility index (Phi) is 3.61. The fourth-order valence-corrected chi connectivity index (χ4v) is 0.478. The van der Waals surface area contributed by atoms with Crippen LogP contribution in [0, 0.1) is 0 Å². The molecule has 0 aromatic rings. The van der Waals surface area contributed by atoms with E-state index in [9.17, 15) is 4.79 Å². The molecule has 0 aromatic heterocycles. The number of hydrogen-bond donors (Lipinski definition) is 2. The van der Waals surface area contributed by atoms with E-state index in [1.165, 1.54) is 0 Å². The van der Waals surface area contributed by atoms with Crippen molar-refractivity contribution in [3.63, 3.8) is 0 Å². The van der Waals surface area contributed by atoms with Crippen LogP contribution < -0.4 is 5.73 Å². The van der Waals surface area contributed by atoms with E-state index in [1.54, 1.807) is 0 Å². The molecule has 0 radical (unpaired) electrons. The molecule has 0 saturated heterocycles. The fourth-order valence-electron chi connectivity index (χ4n) is 0.207. The second kappa shape index (κ2) is 3.71. The lowest BCUT2D eigenvalue weighted by atomic mass is 10.3. The summed E-state index contributed by atoms with van der Waals surface area (Å²) in [5.74, 6) is -1.16. The summed E-state index contributed by atoms with van der Waals surface area (Å²) in [6.45, 7) is 0. The number of hydrogen-bond acceptors (Lipinski definition) is 2. The molecule has 0 rings (SSSR count). The highest BCUT2D eigenvalue weighted by Crippen LogP contribution is 2.06. The molecule has 3 nitrogen and oxygen atoms in total. The summed E-state index contributed by atoms with van der Waals surface area (Å²) in [4.78, 5) is 9.95. The van der Waals surface area contributed by atoms with Gasteiger partial charge in [-0.15, -0.1) is 0 Å². The Bertz CT molecular complexity index is 142. The molecule has 0 aliphatic rings. The first-order valence-electron chi connectivity index (χ1n) is 2.05. The van der Waals surface area contributed by atoms with Gasteiger partial charge in [-0.25, -0.2) is 0 Å². The molecule has 0 amide bonds. The maximum Gasteiger partial charge on any atom is 0.324 e. The molecule has 5 heteroatoms. The zero-order chi connectivity index (χ0) is 7.44. The van der Waals surface area contributed by atoms with Gasteiger partial charge in [-0.2, -0.15) is 0 Å². The van der Waals surface area contributed by atoms with Gasteiger partial charge in [-0.1, -0.05) is 23.2 Å². The van der Waals surface area contributed by atoms with Crippen LogP contribution >= 0.6 is 23.2 Å². The lowest BCUT2D eigenvalue weighted by Gasteiger charge is -1.95. The fraction of sp³-hybridized carbons (Fsp3) is 0.250. The minimum atomic E-state index is -1.16. The monoisotopic (exact) mass is 169 g/mol. The standard InChI is InChI=1S/C4H5Cl2NO2/c5-3(6)1-2(7)4(8)9/h1-2H,7H2,(H,8,9)/t2-/m0/s1. The first-order valence-corrected chi connectivity index (χ1v) is 2.81. The number of rotatable bonds is 2. The van der Waals surface area contributed by atoms with E-state index in [0.29, 0.717) is 0 Å². The van der Waals surface area contributed by atoms with Gasteiger partial charge in [-0.3, -0.25) is 4.79 Å². The summed E-state index contributed by atoms with van der Waals surface area (Å²) in [5, 5.41) is 8.14. The summed E-state index contributed by atoms with van der Waals surface area (Å²) in [7, 11) is 0. The molecule has 0 aliphatic carbocycles. The van der Waals surface area contributed by atoms with Gasteiger partial charge in [0.1, 0.15) is 10.5 Å². The molecule has 0 aromatic carbocycles. The average molecular weight is 170 g/mol. The van der Waals surface area contributed by atoms with Gasteiger partial charge in [0.2, 0.25) is 0 Å². The van der Waals surface area contributed by atoms with E-state index in [1.807, 2.05) is 0 Å². The van der Waals surface area contributed by atoms with Gasteiger partial charge >= 0.3 is 5.97 Å². The normalized spacial score (nSPS) is 12.3. The van der Waals surface area contributed by atoms with E-state index in [-0.39, 0.29) is 4.49 Å². The summed E-state index contributed by atoms with van der Waals surface area (Å²) in [6, 6.07) is -1.12. The molecule has 0 heterocycles. The minimum Gasteiger partial charge on any atom is -0.480 e. The topological polar surface area (TPSA) is 63.3 Å². The van der Waals surface area contributed by atoms with Crippen LogP contribution in [0.5, 0.6) is 0 Å². The molecule has 1 atom stereocenters. The van der Waals surface area contributed by atoms with Crippen molar-refractivity contribution >= 4 is 29.2 Å². The molecular formula is C4H5Cl2NO2. The number of carboxylic acid groups (broad SMARTS) is 1. The first-order chi connectivity index (χ1) is 4.04. The van der Waals surface area contributed by atoms with Crippen molar-refractivity contribution in [1.29, 1.82) is 0 Å². The van der Waals surface area contributed by atoms with Crippen LogP contribution in [-0.2, 0) is 4.79 Å². The average Bonchev–Trinajstić information content (AvgIpc) is 1.63. The van der Waals surface area contributed by atoms with Crippen LogP contribution in [0.4, 0.5) is 0 Å². The Morgan fingerprint density at radius 2 is 2.11 bits per heavy atom. The lowest BCUT2D eigenvalue weighted by molar-refractivity contribution is -0.137. The summed E-state index contributed by atoms with van der Waals surface area (Å²) < 4.78 is -0.134. The van der Waals surface area contributed by atoms with Gasteiger partial charge in [0.25, 0.3) is 0 Å². The number of carboxylic acids is 1. The van der Waals surface area contributed by atoms with Gasteiger partial charge in [-0.05, 0) is 6.08 Å². The predicted molar refractivity (Wildman–Crippen MR) is 35.4 cm³/mol. The van der Waals surface area contributed by atoms with Crippen LogP contribution in [0.15, 0.2) is 10.6 Å².